The summed E-state index contributed by atoms with van der Waals surface area (Å²) in [5, 5.41) is 15.1. The van der Waals surface area contributed by atoms with E-state index in [2.05, 4.69) is 19.2 Å². The summed E-state index contributed by atoms with van der Waals surface area (Å²) in [5.41, 5.74) is 0.608. The maximum absolute atomic E-state index is 13.8. The highest BCUT2D eigenvalue weighted by atomic mass is 32.2. The van der Waals surface area contributed by atoms with E-state index >= 15 is 0 Å². The Morgan fingerprint density at radius 2 is 1.47 bits per heavy atom. The number of nitrogens with zero attached hydrogens (tertiary/aromatic N) is 3. The van der Waals surface area contributed by atoms with Gasteiger partial charge in [0.2, 0.25) is 5.91 Å². The van der Waals surface area contributed by atoms with Crippen LogP contribution >= 0.6 is 23.5 Å². The number of methoxy groups -OCH3 is 2. The molecule has 2 fully saturated rings. The van der Waals surface area contributed by atoms with Crippen LogP contribution in [-0.4, -0.2) is 101 Å². The Hall–Kier alpha value is -3.85. The van der Waals surface area contributed by atoms with Crippen LogP contribution in [0.5, 0.6) is 23.0 Å². The molecule has 290 valence electrons. The number of rotatable bonds is 20. The van der Waals surface area contributed by atoms with Crippen LogP contribution in [0.3, 0.4) is 0 Å². The molecule has 2 aromatic carbocycles. The number of hydrogen-bond acceptors (Lipinski definition) is 11. The minimum Gasteiger partial charge on any atom is -0.493 e. The molecule has 3 aliphatic heterocycles. The highest BCUT2D eigenvalue weighted by Crippen LogP contribution is 2.40. The van der Waals surface area contributed by atoms with E-state index in [0.29, 0.717) is 61.2 Å². The van der Waals surface area contributed by atoms with Crippen molar-refractivity contribution in [3.63, 3.8) is 0 Å². The SMILES string of the molecule is CCSC(SCC)[C@@H]1CCCN1C(=O)c1cc(OC)c(OCCCCCCCCOc2cc3c(cc2OC)C(=O)N2CCC[C@H]2C(=O)N3)cc1[N+](=O)[O-]. The van der Waals surface area contributed by atoms with Crippen LogP contribution in [0, 0.1) is 10.1 Å². The molecule has 0 spiro atoms. The summed E-state index contributed by atoms with van der Waals surface area (Å²) in [7, 11) is 3.00. The van der Waals surface area contributed by atoms with Crippen molar-refractivity contribution >= 4 is 52.6 Å². The van der Waals surface area contributed by atoms with Crippen LogP contribution < -0.4 is 24.3 Å². The highest BCUT2D eigenvalue weighted by molar-refractivity contribution is 8.17. The number of nitro benzene ring substituents is 1. The summed E-state index contributed by atoms with van der Waals surface area (Å²) in [6, 6.07) is 5.69. The van der Waals surface area contributed by atoms with E-state index < -0.39 is 11.0 Å². The van der Waals surface area contributed by atoms with Gasteiger partial charge in [0, 0.05) is 25.2 Å². The summed E-state index contributed by atoms with van der Waals surface area (Å²) in [5.74, 6) is 2.68. The molecule has 0 bridgehead atoms. The van der Waals surface area contributed by atoms with Gasteiger partial charge in [0.05, 0.1) is 60.3 Å². The van der Waals surface area contributed by atoms with Gasteiger partial charge in [-0.2, -0.15) is 0 Å². The molecule has 15 heteroatoms. The lowest BCUT2D eigenvalue weighted by Gasteiger charge is -2.31. The maximum atomic E-state index is 13.8. The Kier molecular flexibility index (Phi) is 14.8. The summed E-state index contributed by atoms with van der Waals surface area (Å²) >= 11 is 3.64. The fourth-order valence-corrected chi connectivity index (χ4v) is 10.1. The van der Waals surface area contributed by atoms with Gasteiger partial charge < -0.3 is 34.1 Å². The molecule has 3 heterocycles. The normalized spacial score (nSPS) is 18.1. The third-order valence-electron chi connectivity index (χ3n) is 9.91. The van der Waals surface area contributed by atoms with Crippen molar-refractivity contribution in [2.75, 3.05) is 57.3 Å². The number of amides is 3. The van der Waals surface area contributed by atoms with E-state index in [1.54, 1.807) is 17.0 Å². The molecule has 3 amide bonds. The number of nitro groups is 1. The molecule has 13 nitrogen and oxygen atoms in total. The van der Waals surface area contributed by atoms with Gasteiger partial charge in [-0.15, -0.1) is 23.5 Å². The van der Waals surface area contributed by atoms with Crippen molar-refractivity contribution in [2.45, 2.75) is 94.7 Å². The Bertz CT molecular complexity index is 1620. The van der Waals surface area contributed by atoms with Crippen molar-refractivity contribution in [3.8, 4) is 23.0 Å². The Labute approximate surface area is 320 Å². The third kappa shape index (κ3) is 9.64. The lowest BCUT2D eigenvalue weighted by atomic mass is 10.1. The van der Waals surface area contributed by atoms with Crippen molar-refractivity contribution in [3.05, 3.63) is 45.5 Å². The second kappa shape index (κ2) is 19.5. The number of hydrogen-bond donors (Lipinski definition) is 1. The highest BCUT2D eigenvalue weighted by Gasteiger charge is 2.40. The van der Waals surface area contributed by atoms with E-state index in [4.69, 9.17) is 18.9 Å². The fraction of sp³-hybridized carbons (Fsp3) is 0.605. The van der Waals surface area contributed by atoms with E-state index in [0.717, 1.165) is 69.3 Å². The van der Waals surface area contributed by atoms with Gasteiger partial charge in [0.15, 0.2) is 23.0 Å². The Morgan fingerprint density at radius 1 is 0.868 bits per heavy atom. The summed E-state index contributed by atoms with van der Waals surface area (Å²) in [6.07, 6.45) is 8.62. The summed E-state index contributed by atoms with van der Waals surface area (Å²) in [6.45, 7) is 6.17. The molecule has 0 saturated carbocycles. The number of unbranched alkanes of at least 4 members (excludes halogenated alkanes) is 5. The van der Waals surface area contributed by atoms with Crippen LogP contribution in [-0.2, 0) is 4.79 Å². The molecular formula is C38H52N4O9S2. The van der Waals surface area contributed by atoms with Gasteiger partial charge in [-0.1, -0.05) is 39.5 Å². The largest absolute Gasteiger partial charge is 0.493 e. The summed E-state index contributed by atoms with van der Waals surface area (Å²) in [4.78, 5) is 54.7. The average Bonchev–Trinajstić information content (AvgIpc) is 3.84. The first-order valence-electron chi connectivity index (χ1n) is 18.7. The van der Waals surface area contributed by atoms with Gasteiger partial charge in [-0.25, -0.2) is 0 Å². The molecule has 5 rings (SSSR count). The predicted molar refractivity (Wildman–Crippen MR) is 208 cm³/mol. The van der Waals surface area contributed by atoms with Gasteiger partial charge in [-0.05, 0) is 56.1 Å². The monoisotopic (exact) mass is 772 g/mol. The fourth-order valence-electron chi connectivity index (χ4n) is 7.27. The number of ether oxygens (including phenoxy) is 4. The lowest BCUT2D eigenvalue weighted by molar-refractivity contribution is -0.385. The molecular weight excluding hydrogens is 721 g/mol. The first-order valence-corrected chi connectivity index (χ1v) is 20.8. The minimum absolute atomic E-state index is 0.0192. The van der Waals surface area contributed by atoms with Crippen molar-refractivity contribution in [1.82, 2.24) is 9.80 Å². The van der Waals surface area contributed by atoms with Crippen LogP contribution in [0.25, 0.3) is 0 Å². The van der Waals surface area contributed by atoms with Gasteiger partial charge in [0.1, 0.15) is 11.6 Å². The zero-order valence-corrected chi connectivity index (χ0v) is 32.8. The van der Waals surface area contributed by atoms with E-state index in [-0.39, 0.29) is 45.3 Å². The Morgan fingerprint density at radius 3 is 2.09 bits per heavy atom. The quantitative estimate of drug-likeness (QED) is 0.0621. The lowest BCUT2D eigenvalue weighted by Crippen LogP contribution is -2.41. The number of benzene rings is 2. The zero-order valence-electron chi connectivity index (χ0n) is 31.2. The van der Waals surface area contributed by atoms with Crippen LogP contribution in [0.2, 0.25) is 0 Å². The number of carbonyl (C=O) groups is 3. The molecule has 0 aromatic heterocycles. The van der Waals surface area contributed by atoms with Crippen LogP contribution in [0.1, 0.15) is 98.8 Å². The molecule has 3 aliphatic rings. The molecule has 2 aromatic rings. The van der Waals surface area contributed by atoms with Crippen molar-refractivity contribution < 1.29 is 38.3 Å². The molecule has 2 saturated heterocycles. The second-order valence-corrected chi connectivity index (χ2v) is 16.4. The van der Waals surface area contributed by atoms with Gasteiger partial charge in [-0.3, -0.25) is 24.5 Å². The van der Waals surface area contributed by atoms with E-state index in [1.165, 1.54) is 26.4 Å². The number of fused-ring (bicyclic) bond motifs is 2. The third-order valence-corrected chi connectivity index (χ3v) is 12.7. The maximum Gasteiger partial charge on any atom is 0.286 e. The first kappa shape index (κ1) is 40.3. The Balaban J connectivity index is 1.07. The standard InChI is InChI=1S/C38H52N4O9S2/c1-5-52-38(53-6-2)29-16-14-18-41(29)37(45)26-22-32(49-4)34(24-30(26)42(46)47)51-20-12-10-8-7-9-11-19-50-33-23-27-25(21-31(33)48-3)36(44)40-17-13-15-28(40)35(43)39-27/h21-24,28-29,38H,5-20H2,1-4H3,(H,39,43)/t28-,29-/m0/s1. The number of thioether (sulfide) groups is 2. The first-order chi connectivity index (χ1) is 25.7. The molecule has 0 unspecified atom stereocenters. The minimum atomic E-state index is -0.516. The molecule has 2 atom stereocenters. The number of anilines is 1. The van der Waals surface area contributed by atoms with E-state index in [9.17, 15) is 24.5 Å². The van der Waals surface area contributed by atoms with Crippen LogP contribution in [0.15, 0.2) is 24.3 Å². The van der Waals surface area contributed by atoms with Gasteiger partial charge in [0.25, 0.3) is 17.5 Å². The van der Waals surface area contributed by atoms with Crippen LogP contribution in [0.4, 0.5) is 11.4 Å². The zero-order chi connectivity index (χ0) is 37.9. The number of carbonyl (C=O) groups excluding carboxylic acids is 3. The predicted octanol–water partition coefficient (Wildman–Crippen LogP) is 7.40. The molecule has 0 radical (unpaired) electrons. The molecule has 1 N–H and O–H groups in total. The number of likely N-dealkylation sites (tertiary alicyclic amines) is 1. The molecule has 53 heavy (non-hydrogen) atoms. The second-order valence-electron chi connectivity index (χ2n) is 13.3. The average molecular weight is 773 g/mol. The smallest absolute Gasteiger partial charge is 0.286 e. The van der Waals surface area contributed by atoms with Crippen molar-refractivity contribution in [2.24, 2.45) is 0 Å². The topological polar surface area (TPSA) is 150 Å². The van der Waals surface area contributed by atoms with E-state index in [1.807, 2.05) is 28.4 Å². The van der Waals surface area contributed by atoms with Gasteiger partial charge >= 0.3 is 0 Å². The number of nitrogens with one attached hydrogen (secondary N) is 1. The summed E-state index contributed by atoms with van der Waals surface area (Å²) < 4.78 is 23.3. The molecule has 0 aliphatic carbocycles. The van der Waals surface area contributed by atoms with Crippen molar-refractivity contribution in [1.29, 1.82) is 0 Å².